The van der Waals surface area contributed by atoms with Gasteiger partial charge in [0, 0.05) is 0 Å². The van der Waals surface area contributed by atoms with E-state index in [9.17, 15) is 8.78 Å². The standard InChI is InChI=1S/C14H14F2N2O2/c15-12(16)10(19)8-11-17-13(18-20-11)14(6-7-14)9-4-2-1-3-5-9/h1-5,10,12,19H,6-8H2. The molecule has 0 saturated heterocycles. The molecule has 1 saturated carbocycles. The fourth-order valence-electron chi connectivity index (χ4n) is 2.32. The van der Waals surface area contributed by atoms with Gasteiger partial charge in [0.25, 0.3) is 6.43 Å². The zero-order valence-corrected chi connectivity index (χ0v) is 10.7. The van der Waals surface area contributed by atoms with Crippen LogP contribution in [0.5, 0.6) is 0 Å². The second kappa shape index (κ2) is 4.94. The molecule has 0 bridgehead atoms. The van der Waals surface area contributed by atoms with Crippen molar-refractivity contribution in [3.8, 4) is 0 Å². The number of halogens is 2. The van der Waals surface area contributed by atoms with Crippen LogP contribution in [0.15, 0.2) is 34.9 Å². The normalized spacial score (nSPS) is 18.2. The van der Waals surface area contributed by atoms with Crippen molar-refractivity contribution < 1.29 is 18.4 Å². The lowest BCUT2D eigenvalue weighted by Gasteiger charge is -2.10. The van der Waals surface area contributed by atoms with Crippen LogP contribution >= 0.6 is 0 Å². The number of hydrogen-bond donors (Lipinski definition) is 1. The van der Waals surface area contributed by atoms with Gasteiger partial charge in [-0.1, -0.05) is 35.5 Å². The molecule has 1 aromatic heterocycles. The monoisotopic (exact) mass is 280 g/mol. The number of hydrogen-bond acceptors (Lipinski definition) is 4. The van der Waals surface area contributed by atoms with E-state index in [1.54, 1.807) is 0 Å². The first-order chi connectivity index (χ1) is 9.62. The van der Waals surface area contributed by atoms with E-state index in [-0.39, 0.29) is 17.7 Å². The molecule has 2 aromatic rings. The molecule has 0 amide bonds. The highest BCUT2D eigenvalue weighted by molar-refractivity contribution is 5.38. The third-order valence-corrected chi connectivity index (χ3v) is 3.65. The molecule has 20 heavy (non-hydrogen) atoms. The van der Waals surface area contributed by atoms with Crippen LogP contribution in [0.25, 0.3) is 0 Å². The second-order valence-electron chi connectivity index (χ2n) is 5.07. The quantitative estimate of drug-likeness (QED) is 0.913. The van der Waals surface area contributed by atoms with Crippen molar-refractivity contribution in [3.63, 3.8) is 0 Å². The Morgan fingerprint density at radius 3 is 2.55 bits per heavy atom. The lowest BCUT2D eigenvalue weighted by Crippen LogP contribution is -2.20. The smallest absolute Gasteiger partial charge is 0.264 e. The van der Waals surface area contributed by atoms with Gasteiger partial charge in [0.15, 0.2) is 5.82 Å². The number of benzene rings is 1. The Kier molecular flexibility index (Phi) is 3.25. The average Bonchev–Trinajstić information content (AvgIpc) is 3.14. The van der Waals surface area contributed by atoms with Crippen molar-refractivity contribution in [2.75, 3.05) is 0 Å². The van der Waals surface area contributed by atoms with Gasteiger partial charge in [0.05, 0.1) is 11.8 Å². The summed E-state index contributed by atoms with van der Waals surface area (Å²) in [6, 6.07) is 9.81. The third kappa shape index (κ3) is 2.31. The van der Waals surface area contributed by atoms with Crippen LogP contribution < -0.4 is 0 Å². The summed E-state index contributed by atoms with van der Waals surface area (Å²) in [5.74, 6) is 0.565. The van der Waals surface area contributed by atoms with E-state index in [1.807, 2.05) is 30.3 Å². The number of nitrogens with zero attached hydrogens (tertiary/aromatic N) is 2. The molecule has 1 heterocycles. The minimum Gasteiger partial charge on any atom is -0.387 e. The number of aliphatic hydroxyl groups excluding tert-OH is 1. The zero-order valence-electron chi connectivity index (χ0n) is 10.7. The highest BCUT2D eigenvalue weighted by atomic mass is 19.3. The van der Waals surface area contributed by atoms with E-state index in [0.717, 1.165) is 18.4 Å². The van der Waals surface area contributed by atoms with E-state index in [0.29, 0.717) is 5.82 Å². The van der Waals surface area contributed by atoms with Crippen LogP contribution in [0.3, 0.4) is 0 Å². The predicted molar refractivity (Wildman–Crippen MR) is 66.5 cm³/mol. The number of aliphatic hydroxyl groups is 1. The number of rotatable bonds is 5. The molecule has 1 atom stereocenters. The first-order valence-electron chi connectivity index (χ1n) is 6.47. The second-order valence-corrected chi connectivity index (χ2v) is 5.07. The molecule has 1 unspecified atom stereocenters. The Bertz CT molecular complexity index is 582. The van der Waals surface area contributed by atoms with Gasteiger partial charge in [-0.2, -0.15) is 4.98 Å². The van der Waals surface area contributed by atoms with E-state index >= 15 is 0 Å². The summed E-state index contributed by atoms with van der Waals surface area (Å²) in [7, 11) is 0. The van der Waals surface area contributed by atoms with Crippen molar-refractivity contribution in [2.24, 2.45) is 0 Å². The third-order valence-electron chi connectivity index (χ3n) is 3.65. The Hall–Kier alpha value is -1.82. The van der Waals surface area contributed by atoms with Crippen molar-refractivity contribution in [1.29, 1.82) is 0 Å². The number of aromatic nitrogens is 2. The molecular formula is C14H14F2N2O2. The van der Waals surface area contributed by atoms with Gasteiger partial charge in [0.1, 0.15) is 6.10 Å². The van der Waals surface area contributed by atoms with Crippen LogP contribution in [-0.2, 0) is 11.8 Å². The van der Waals surface area contributed by atoms with E-state index < -0.39 is 12.5 Å². The van der Waals surface area contributed by atoms with E-state index in [2.05, 4.69) is 10.1 Å². The Balaban J connectivity index is 1.81. The van der Waals surface area contributed by atoms with Crippen molar-refractivity contribution in [2.45, 2.75) is 37.2 Å². The molecular weight excluding hydrogens is 266 g/mol. The van der Waals surface area contributed by atoms with Gasteiger partial charge in [0.2, 0.25) is 5.89 Å². The van der Waals surface area contributed by atoms with Crippen molar-refractivity contribution in [3.05, 3.63) is 47.6 Å². The molecule has 106 valence electrons. The fourth-order valence-corrected chi connectivity index (χ4v) is 2.32. The first kappa shape index (κ1) is 13.2. The summed E-state index contributed by atoms with van der Waals surface area (Å²) in [6.45, 7) is 0. The van der Waals surface area contributed by atoms with Gasteiger partial charge in [-0.15, -0.1) is 0 Å². The highest BCUT2D eigenvalue weighted by Crippen LogP contribution is 2.52. The maximum Gasteiger partial charge on any atom is 0.264 e. The first-order valence-corrected chi connectivity index (χ1v) is 6.47. The van der Waals surface area contributed by atoms with Gasteiger partial charge in [-0.05, 0) is 18.4 Å². The number of alkyl halides is 2. The topological polar surface area (TPSA) is 59.2 Å². The summed E-state index contributed by atoms with van der Waals surface area (Å²) in [5, 5.41) is 13.0. The molecule has 1 aliphatic rings. The van der Waals surface area contributed by atoms with Crippen molar-refractivity contribution >= 4 is 0 Å². The maximum atomic E-state index is 12.3. The van der Waals surface area contributed by atoms with E-state index in [4.69, 9.17) is 9.63 Å². The summed E-state index contributed by atoms with van der Waals surface area (Å²) < 4.78 is 29.6. The molecule has 0 radical (unpaired) electrons. The summed E-state index contributed by atoms with van der Waals surface area (Å²) in [4.78, 5) is 4.17. The molecule has 1 fully saturated rings. The van der Waals surface area contributed by atoms with Crippen LogP contribution in [-0.4, -0.2) is 27.8 Å². The molecule has 1 N–H and O–H groups in total. The lowest BCUT2D eigenvalue weighted by atomic mass is 9.95. The molecule has 3 rings (SSSR count). The summed E-state index contributed by atoms with van der Waals surface area (Å²) in [5.41, 5.74) is 0.848. The SMILES string of the molecule is OC(Cc1nc(C2(c3ccccc3)CC2)no1)C(F)F. The van der Waals surface area contributed by atoms with Crippen LogP contribution in [0, 0.1) is 0 Å². The Labute approximate surface area is 114 Å². The highest BCUT2D eigenvalue weighted by Gasteiger charge is 2.49. The minimum absolute atomic E-state index is 0.0509. The Morgan fingerprint density at radius 1 is 1.25 bits per heavy atom. The zero-order chi connectivity index (χ0) is 14.2. The van der Waals surface area contributed by atoms with Gasteiger partial charge < -0.3 is 9.63 Å². The average molecular weight is 280 g/mol. The predicted octanol–water partition coefficient (Wildman–Crippen LogP) is 2.32. The molecule has 4 nitrogen and oxygen atoms in total. The van der Waals surface area contributed by atoms with Crippen LogP contribution in [0.2, 0.25) is 0 Å². The summed E-state index contributed by atoms with van der Waals surface area (Å²) in [6.07, 6.45) is -3.08. The molecule has 6 heteroatoms. The van der Waals surface area contributed by atoms with Gasteiger partial charge in [-0.25, -0.2) is 8.78 Å². The molecule has 0 spiro atoms. The van der Waals surface area contributed by atoms with Crippen molar-refractivity contribution in [1.82, 2.24) is 10.1 Å². The van der Waals surface area contributed by atoms with E-state index in [1.165, 1.54) is 0 Å². The minimum atomic E-state index is -2.81. The van der Waals surface area contributed by atoms with Gasteiger partial charge >= 0.3 is 0 Å². The Morgan fingerprint density at radius 2 is 1.95 bits per heavy atom. The molecule has 1 aliphatic carbocycles. The fraction of sp³-hybridized carbons (Fsp3) is 0.429. The summed E-state index contributed by atoms with van der Waals surface area (Å²) >= 11 is 0. The molecule has 0 aliphatic heterocycles. The van der Waals surface area contributed by atoms with Gasteiger partial charge in [-0.3, -0.25) is 0 Å². The largest absolute Gasteiger partial charge is 0.387 e. The maximum absolute atomic E-state index is 12.3. The lowest BCUT2D eigenvalue weighted by molar-refractivity contribution is -0.00754. The van der Waals surface area contributed by atoms with Crippen LogP contribution in [0.4, 0.5) is 8.78 Å². The molecule has 1 aromatic carbocycles. The van der Waals surface area contributed by atoms with Crippen LogP contribution in [0.1, 0.15) is 30.1 Å².